The number of halogens is 1. The summed E-state index contributed by atoms with van der Waals surface area (Å²) in [6, 6.07) is 17.1. The molecule has 0 unspecified atom stereocenters. The first kappa shape index (κ1) is 22.0. The maximum absolute atomic E-state index is 13.0. The Morgan fingerprint density at radius 1 is 1.06 bits per heavy atom. The molecule has 7 heteroatoms. The third-order valence-corrected chi connectivity index (χ3v) is 5.69. The molecule has 0 aliphatic heterocycles. The van der Waals surface area contributed by atoms with Crippen LogP contribution < -0.4 is 5.56 Å². The average molecular weight is 450 g/mol. The molecule has 0 amide bonds. The van der Waals surface area contributed by atoms with E-state index in [0.717, 1.165) is 34.8 Å². The van der Waals surface area contributed by atoms with Crippen LogP contribution in [-0.4, -0.2) is 20.5 Å². The minimum absolute atomic E-state index is 0.0291. The predicted octanol–water partition coefficient (Wildman–Crippen LogP) is 5.07. The average Bonchev–Trinajstić information content (AvgIpc) is 2.81. The molecule has 0 aliphatic rings. The molecule has 0 saturated heterocycles. The number of carbonyl (C=O) groups excluding carboxylic acids is 1. The Labute approximate surface area is 190 Å². The number of hydrogen-bond acceptors (Lipinski definition) is 5. The molecule has 0 saturated carbocycles. The second-order valence-corrected chi connectivity index (χ2v) is 8.01. The van der Waals surface area contributed by atoms with Crippen LogP contribution in [0.2, 0.25) is 5.15 Å². The van der Waals surface area contributed by atoms with Crippen molar-refractivity contribution >= 4 is 39.5 Å². The van der Waals surface area contributed by atoms with E-state index in [4.69, 9.17) is 16.3 Å². The first-order valence-corrected chi connectivity index (χ1v) is 11.1. The van der Waals surface area contributed by atoms with Crippen molar-refractivity contribution in [1.82, 2.24) is 14.5 Å². The number of para-hydroxylation sites is 3. The van der Waals surface area contributed by atoms with Crippen molar-refractivity contribution in [3.8, 4) is 0 Å². The summed E-state index contributed by atoms with van der Waals surface area (Å²) >= 11 is 6.24. The van der Waals surface area contributed by atoms with Gasteiger partial charge in [-0.3, -0.25) is 9.59 Å². The van der Waals surface area contributed by atoms with E-state index >= 15 is 0 Å². The van der Waals surface area contributed by atoms with Crippen molar-refractivity contribution in [2.75, 3.05) is 0 Å². The van der Waals surface area contributed by atoms with Crippen LogP contribution in [0.4, 0.5) is 0 Å². The fourth-order valence-corrected chi connectivity index (χ4v) is 3.83. The van der Waals surface area contributed by atoms with Gasteiger partial charge in [0.15, 0.2) is 0 Å². The van der Waals surface area contributed by atoms with Gasteiger partial charge < -0.3 is 9.30 Å². The SMILES string of the molecule is CCCCn1c(=O)c(CCC(=O)OCc2cc3ccccc3nc2Cl)nc2ccccc21. The summed E-state index contributed by atoms with van der Waals surface area (Å²) in [5, 5.41) is 1.24. The van der Waals surface area contributed by atoms with Crippen LogP contribution in [0.1, 0.15) is 37.4 Å². The van der Waals surface area contributed by atoms with E-state index in [1.54, 1.807) is 4.57 Å². The number of benzene rings is 2. The Bertz CT molecular complexity index is 1330. The summed E-state index contributed by atoms with van der Waals surface area (Å²) in [7, 11) is 0. The molecule has 2 aromatic heterocycles. The number of aryl methyl sites for hydroxylation is 2. The third-order valence-electron chi connectivity index (χ3n) is 5.36. The van der Waals surface area contributed by atoms with E-state index in [1.807, 2.05) is 54.6 Å². The van der Waals surface area contributed by atoms with Gasteiger partial charge in [0.05, 0.1) is 23.0 Å². The predicted molar refractivity (Wildman–Crippen MR) is 126 cm³/mol. The monoisotopic (exact) mass is 449 g/mol. The van der Waals surface area contributed by atoms with Gasteiger partial charge in [-0.2, -0.15) is 0 Å². The Morgan fingerprint density at radius 2 is 1.81 bits per heavy atom. The highest BCUT2D eigenvalue weighted by atomic mass is 35.5. The maximum Gasteiger partial charge on any atom is 0.306 e. The molecule has 0 N–H and O–H groups in total. The van der Waals surface area contributed by atoms with Crippen molar-refractivity contribution in [3.63, 3.8) is 0 Å². The Morgan fingerprint density at radius 3 is 2.62 bits per heavy atom. The summed E-state index contributed by atoms with van der Waals surface area (Å²) in [4.78, 5) is 34.2. The lowest BCUT2D eigenvalue weighted by Crippen LogP contribution is -2.26. The third kappa shape index (κ3) is 4.81. The summed E-state index contributed by atoms with van der Waals surface area (Å²) in [6.07, 6.45) is 2.16. The Kier molecular flexibility index (Phi) is 6.81. The zero-order valence-corrected chi connectivity index (χ0v) is 18.6. The van der Waals surface area contributed by atoms with E-state index < -0.39 is 5.97 Å². The van der Waals surface area contributed by atoms with Gasteiger partial charge in [0, 0.05) is 23.9 Å². The molecule has 2 aromatic carbocycles. The minimum Gasteiger partial charge on any atom is -0.461 e. The van der Waals surface area contributed by atoms with Gasteiger partial charge in [0.2, 0.25) is 0 Å². The lowest BCUT2D eigenvalue weighted by Gasteiger charge is -2.12. The molecule has 4 rings (SSSR count). The number of fused-ring (bicyclic) bond motifs is 2. The van der Waals surface area contributed by atoms with E-state index in [1.165, 1.54) is 0 Å². The number of unbranched alkanes of at least 4 members (excludes halogenated alkanes) is 1. The first-order valence-electron chi connectivity index (χ1n) is 10.7. The van der Waals surface area contributed by atoms with Gasteiger partial charge in [-0.1, -0.05) is 55.3 Å². The summed E-state index contributed by atoms with van der Waals surface area (Å²) < 4.78 is 7.16. The van der Waals surface area contributed by atoms with Crippen LogP contribution >= 0.6 is 11.6 Å². The lowest BCUT2D eigenvalue weighted by molar-refractivity contribution is -0.144. The van der Waals surface area contributed by atoms with E-state index in [0.29, 0.717) is 23.0 Å². The molecule has 0 aliphatic carbocycles. The number of ether oxygens (including phenoxy) is 1. The largest absolute Gasteiger partial charge is 0.461 e. The topological polar surface area (TPSA) is 74.1 Å². The molecule has 6 nitrogen and oxygen atoms in total. The van der Waals surface area contributed by atoms with E-state index in [2.05, 4.69) is 16.9 Å². The molecule has 0 bridgehead atoms. The van der Waals surface area contributed by atoms with Crippen molar-refractivity contribution in [3.05, 3.63) is 81.4 Å². The van der Waals surface area contributed by atoms with Crippen molar-refractivity contribution in [1.29, 1.82) is 0 Å². The zero-order valence-electron chi connectivity index (χ0n) is 17.9. The highest BCUT2D eigenvalue weighted by Gasteiger charge is 2.14. The molecule has 0 spiro atoms. The van der Waals surface area contributed by atoms with Crippen LogP contribution in [0.3, 0.4) is 0 Å². The van der Waals surface area contributed by atoms with Crippen molar-refractivity contribution in [2.24, 2.45) is 0 Å². The highest BCUT2D eigenvalue weighted by molar-refractivity contribution is 6.30. The molecule has 0 atom stereocenters. The quantitative estimate of drug-likeness (QED) is 0.277. The number of hydrogen-bond donors (Lipinski definition) is 0. The van der Waals surface area contributed by atoms with Crippen LogP contribution in [0.5, 0.6) is 0 Å². The van der Waals surface area contributed by atoms with Gasteiger partial charge >= 0.3 is 5.97 Å². The number of aromatic nitrogens is 3. The fraction of sp³-hybridized carbons (Fsp3) is 0.280. The van der Waals surface area contributed by atoms with Crippen molar-refractivity contribution in [2.45, 2.75) is 45.8 Å². The van der Waals surface area contributed by atoms with Gasteiger partial charge in [0.1, 0.15) is 17.5 Å². The Balaban J connectivity index is 1.45. The summed E-state index contributed by atoms with van der Waals surface area (Å²) in [5.41, 5.74) is 3.23. The van der Waals surface area contributed by atoms with Crippen molar-refractivity contribution < 1.29 is 9.53 Å². The Hall–Kier alpha value is -3.25. The first-order chi connectivity index (χ1) is 15.6. The second-order valence-electron chi connectivity index (χ2n) is 7.65. The van der Waals surface area contributed by atoms with Gasteiger partial charge in [0.25, 0.3) is 5.56 Å². The molecular formula is C25H24ClN3O3. The van der Waals surface area contributed by atoms with Crippen LogP contribution in [0.25, 0.3) is 21.9 Å². The molecule has 164 valence electrons. The summed E-state index contributed by atoms with van der Waals surface area (Å²) in [5.74, 6) is -0.413. The number of esters is 1. The molecule has 2 heterocycles. The molecule has 32 heavy (non-hydrogen) atoms. The van der Waals surface area contributed by atoms with Gasteiger partial charge in [-0.05, 0) is 30.7 Å². The number of nitrogens with zero attached hydrogens (tertiary/aromatic N) is 3. The normalized spacial score (nSPS) is 11.2. The van der Waals surface area contributed by atoms with Crippen LogP contribution in [0.15, 0.2) is 59.4 Å². The fourth-order valence-electron chi connectivity index (χ4n) is 3.63. The lowest BCUT2D eigenvalue weighted by atomic mass is 10.1. The standard InChI is InChI=1S/C25H24ClN3O3/c1-2-3-14-29-22-11-7-6-10-20(22)27-21(25(29)31)12-13-23(30)32-16-18-15-17-8-4-5-9-19(17)28-24(18)26/h4-11,15H,2-3,12-14,16H2,1H3. The van der Waals surface area contributed by atoms with Crippen LogP contribution in [-0.2, 0) is 29.1 Å². The molecule has 0 fully saturated rings. The minimum atomic E-state index is -0.413. The number of pyridine rings is 1. The number of rotatable bonds is 8. The van der Waals surface area contributed by atoms with E-state index in [-0.39, 0.29) is 25.0 Å². The van der Waals surface area contributed by atoms with E-state index in [9.17, 15) is 9.59 Å². The summed E-state index contributed by atoms with van der Waals surface area (Å²) in [6.45, 7) is 2.74. The van der Waals surface area contributed by atoms with Crippen LogP contribution in [0, 0.1) is 0 Å². The second kappa shape index (κ2) is 9.92. The highest BCUT2D eigenvalue weighted by Crippen LogP contribution is 2.21. The van der Waals surface area contributed by atoms with Gasteiger partial charge in [-0.15, -0.1) is 0 Å². The smallest absolute Gasteiger partial charge is 0.306 e. The molecule has 4 aromatic rings. The maximum atomic E-state index is 13.0. The molecule has 0 radical (unpaired) electrons. The zero-order chi connectivity index (χ0) is 22.5. The van der Waals surface area contributed by atoms with Gasteiger partial charge in [-0.25, -0.2) is 9.97 Å². The molecular weight excluding hydrogens is 426 g/mol. The number of carbonyl (C=O) groups is 1.